The lowest BCUT2D eigenvalue weighted by atomic mass is 10.0. The van der Waals surface area contributed by atoms with Gasteiger partial charge in [0.05, 0.1) is 16.2 Å². The van der Waals surface area contributed by atoms with Gasteiger partial charge in [-0.25, -0.2) is 4.79 Å². The summed E-state index contributed by atoms with van der Waals surface area (Å²) in [4.78, 5) is 21.3. The summed E-state index contributed by atoms with van der Waals surface area (Å²) in [7, 11) is 0. The summed E-state index contributed by atoms with van der Waals surface area (Å²) in [5.74, 6) is -0.960. The van der Waals surface area contributed by atoms with Gasteiger partial charge in [0.15, 0.2) is 0 Å². The lowest BCUT2D eigenvalue weighted by Gasteiger charge is -2.16. The monoisotopic (exact) mass is 282 g/mol. The number of non-ortho nitro benzene ring substituents is 1. The normalized spacial score (nSPS) is 11.9. The molecular formula is C13H18N2O5. The summed E-state index contributed by atoms with van der Waals surface area (Å²) in [5.41, 5.74) is 0.0604. The molecule has 0 spiro atoms. The summed E-state index contributed by atoms with van der Waals surface area (Å²) in [5, 5.41) is 31.6. The number of nitrogens with zero attached hydrogens (tertiary/aromatic N) is 1. The number of carboxylic acid groups (broad SMARTS) is 1. The highest BCUT2D eigenvalue weighted by atomic mass is 16.6. The van der Waals surface area contributed by atoms with Crippen molar-refractivity contribution in [3.63, 3.8) is 0 Å². The molecule has 0 radical (unpaired) electrons. The maximum atomic E-state index is 11.1. The Morgan fingerprint density at radius 3 is 2.70 bits per heavy atom. The van der Waals surface area contributed by atoms with Crippen molar-refractivity contribution in [2.75, 3.05) is 18.5 Å². The van der Waals surface area contributed by atoms with Gasteiger partial charge in [-0.2, -0.15) is 0 Å². The Bertz CT molecular complexity index is 490. The number of anilines is 1. The third-order valence-corrected chi connectivity index (χ3v) is 3.14. The first-order valence-electron chi connectivity index (χ1n) is 6.36. The summed E-state index contributed by atoms with van der Waals surface area (Å²) >= 11 is 0. The summed E-state index contributed by atoms with van der Waals surface area (Å²) < 4.78 is 0. The fourth-order valence-electron chi connectivity index (χ4n) is 1.87. The van der Waals surface area contributed by atoms with E-state index < -0.39 is 10.9 Å². The smallest absolute Gasteiger partial charge is 0.337 e. The molecule has 3 N–H and O–H groups in total. The number of nitro benzene ring substituents is 1. The molecule has 0 aliphatic rings. The third kappa shape index (κ3) is 4.20. The minimum Gasteiger partial charge on any atom is -0.478 e. The standard InChI is InChI=1S/C13H18N2O5/c1-2-9(5-6-16)8-14-12-7-10(15(19)20)3-4-11(12)13(17)18/h3-4,7,9,14,16H,2,5-6,8H2,1H3,(H,17,18). The summed E-state index contributed by atoms with van der Waals surface area (Å²) in [6.07, 6.45) is 1.42. The lowest BCUT2D eigenvalue weighted by Crippen LogP contribution is -2.16. The Morgan fingerprint density at radius 1 is 1.50 bits per heavy atom. The first-order valence-corrected chi connectivity index (χ1v) is 6.36. The van der Waals surface area contributed by atoms with E-state index in [1.165, 1.54) is 18.2 Å². The summed E-state index contributed by atoms with van der Waals surface area (Å²) in [6, 6.07) is 3.60. The molecule has 110 valence electrons. The van der Waals surface area contributed by atoms with Crippen molar-refractivity contribution in [1.82, 2.24) is 0 Å². The van der Waals surface area contributed by atoms with Crippen molar-refractivity contribution in [3.8, 4) is 0 Å². The van der Waals surface area contributed by atoms with E-state index in [9.17, 15) is 14.9 Å². The molecule has 0 heterocycles. The van der Waals surface area contributed by atoms with E-state index in [1.54, 1.807) is 0 Å². The van der Waals surface area contributed by atoms with Crippen LogP contribution in [0.5, 0.6) is 0 Å². The van der Waals surface area contributed by atoms with Gasteiger partial charge in [0.25, 0.3) is 5.69 Å². The molecule has 0 saturated carbocycles. The molecule has 0 amide bonds. The molecule has 7 nitrogen and oxygen atoms in total. The fourth-order valence-corrected chi connectivity index (χ4v) is 1.87. The van der Waals surface area contributed by atoms with E-state index in [2.05, 4.69) is 5.32 Å². The Morgan fingerprint density at radius 2 is 2.20 bits per heavy atom. The van der Waals surface area contributed by atoms with Crippen LogP contribution in [0.2, 0.25) is 0 Å². The minimum absolute atomic E-state index is 0.00514. The van der Waals surface area contributed by atoms with E-state index in [1.807, 2.05) is 6.92 Å². The van der Waals surface area contributed by atoms with E-state index in [4.69, 9.17) is 10.2 Å². The maximum Gasteiger partial charge on any atom is 0.337 e. The Hall–Kier alpha value is -2.15. The van der Waals surface area contributed by atoms with Gasteiger partial charge >= 0.3 is 5.97 Å². The number of benzene rings is 1. The largest absolute Gasteiger partial charge is 0.478 e. The van der Waals surface area contributed by atoms with Gasteiger partial charge in [0.2, 0.25) is 0 Å². The van der Waals surface area contributed by atoms with E-state index in [0.717, 1.165) is 6.42 Å². The molecule has 0 saturated heterocycles. The topological polar surface area (TPSA) is 113 Å². The molecule has 20 heavy (non-hydrogen) atoms. The Labute approximate surface area is 116 Å². The number of nitro groups is 1. The van der Waals surface area contributed by atoms with Gasteiger partial charge in [0.1, 0.15) is 0 Å². The highest BCUT2D eigenvalue weighted by Crippen LogP contribution is 2.23. The molecule has 7 heteroatoms. The van der Waals surface area contributed by atoms with Crippen LogP contribution in [-0.4, -0.2) is 34.3 Å². The molecule has 0 fully saturated rings. The van der Waals surface area contributed by atoms with Gasteiger partial charge < -0.3 is 15.5 Å². The minimum atomic E-state index is -1.14. The zero-order valence-electron chi connectivity index (χ0n) is 11.2. The number of hydrogen-bond donors (Lipinski definition) is 3. The second-order valence-electron chi connectivity index (χ2n) is 4.46. The van der Waals surface area contributed by atoms with Crippen molar-refractivity contribution >= 4 is 17.3 Å². The number of rotatable bonds is 8. The molecule has 1 atom stereocenters. The Kier molecular flexibility index (Phi) is 5.92. The van der Waals surface area contributed by atoms with Crippen molar-refractivity contribution in [2.45, 2.75) is 19.8 Å². The maximum absolute atomic E-state index is 11.1. The number of carbonyl (C=O) groups is 1. The third-order valence-electron chi connectivity index (χ3n) is 3.14. The summed E-state index contributed by atoms with van der Waals surface area (Å²) in [6.45, 7) is 2.48. The van der Waals surface area contributed by atoms with Crippen molar-refractivity contribution in [2.24, 2.45) is 5.92 Å². The average Bonchev–Trinajstić information content (AvgIpc) is 2.42. The molecule has 1 aromatic carbocycles. The second-order valence-corrected chi connectivity index (χ2v) is 4.46. The predicted molar refractivity (Wildman–Crippen MR) is 74.0 cm³/mol. The highest BCUT2D eigenvalue weighted by molar-refractivity contribution is 5.94. The van der Waals surface area contributed by atoms with Crippen LogP contribution in [0.25, 0.3) is 0 Å². The van der Waals surface area contributed by atoms with Gasteiger partial charge in [-0.3, -0.25) is 10.1 Å². The average molecular weight is 282 g/mol. The van der Waals surface area contributed by atoms with Crippen LogP contribution in [-0.2, 0) is 0 Å². The Balaban J connectivity index is 2.92. The van der Waals surface area contributed by atoms with E-state index >= 15 is 0 Å². The van der Waals surface area contributed by atoms with Crippen LogP contribution in [0.15, 0.2) is 18.2 Å². The van der Waals surface area contributed by atoms with Crippen LogP contribution < -0.4 is 5.32 Å². The molecule has 0 bridgehead atoms. The van der Waals surface area contributed by atoms with Crippen molar-refractivity contribution in [1.29, 1.82) is 0 Å². The first-order chi connectivity index (χ1) is 9.49. The molecule has 1 aromatic rings. The first kappa shape index (κ1) is 15.9. The van der Waals surface area contributed by atoms with Crippen LogP contribution >= 0.6 is 0 Å². The number of carboxylic acids is 1. The predicted octanol–water partition coefficient (Wildman–Crippen LogP) is 2.11. The van der Waals surface area contributed by atoms with Crippen molar-refractivity contribution < 1.29 is 19.9 Å². The number of nitrogens with one attached hydrogen (secondary N) is 1. The molecule has 0 aromatic heterocycles. The van der Waals surface area contributed by atoms with Gasteiger partial charge in [-0.1, -0.05) is 13.3 Å². The lowest BCUT2D eigenvalue weighted by molar-refractivity contribution is -0.384. The molecular weight excluding hydrogens is 264 g/mol. The van der Waals surface area contributed by atoms with Gasteiger partial charge in [-0.15, -0.1) is 0 Å². The molecule has 0 aliphatic carbocycles. The number of aliphatic hydroxyl groups is 1. The van der Waals surface area contributed by atoms with Gasteiger partial charge in [0, 0.05) is 25.3 Å². The zero-order chi connectivity index (χ0) is 15.1. The van der Waals surface area contributed by atoms with E-state index in [0.29, 0.717) is 13.0 Å². The van der Waals surface area contributed by atoms with Crippen LogP contribution in [0.1, 0.15) is 30.1 Å². The number of aliphatic hydroxyl groups excluding tert-OH is 1. The SMILES string of the molecule is CCC(CCO)CNc1cc([N+](=O)[O-])ccc1C(=O)O. The van der Waals surface area contributed by atoms with Crippen LogP contribution in [0.4, 0.5) is 11.4 Å². The highest BCUT2D eigenvalue weighted by Gasteiger charge is 2.16. The van der Waals surface area contributed by atoms with Gasteiger partial charge in [-0.05, 0) is 18.4 Å². The molecule has 0 aliphatic heterocycles. The van der Waals surface area contributed by atoms with Crippen molar-refractivity contribution in [3.05, 3.63) is 33.9 Å². The van der Waals surface area contributed by atoms with E-state index in [-0.39, 0.29) is 29.5 Å². The second kappa shape index (κ2) is 7.44. The quantitative estimate of drug-likeness (QED) is 0.497. The van der Waals surface area contributed by atoms with Crippen LogP contribution in [0, 0.1) is 16.0 Å². The fraction of sp³-hybridized carbons (Fsp3) is 0.462. The van der Waals surface area contributed by atoms with Crippen LogP contribution in [0.3, 0.4) is 0 Å². The number of hydrogen-bond acceptors (Lipinski definition) is 5. The molecule has 1 rings (SSSR count). The zero-order valence-corrected chi connectivity index (χ0v) is 11.2. The molecule has 1 unspecified atom stereocenters. The number of aromatic carboxylic acids is 1.